The molecule has 0 fully saturated rings. The number of nitrogens with two attached hydrogens (primary N) is 4. The maximum atomic E-state index is 12.6. The standard InChI is InChI=1S/C16H30N8O6/c1-8(17)13(28)23-10(4-5-11(18)25)15(30)24-9(3-2-6-21-16(19)20)14(29)22-7-12(26)27/h8-10H,2-7,17H2,1H3,(H2,18,25)(H,22,29)(H,23,28)(H,24,30)(H,26,27)(H4,19,20,21). The minimum absolute atomic E-state index is 0.0811. The average molecular weight is 430 g/mol. The summed E-state index contributed by atoms with van der Waals surface area (Å²) in [5.74, 6) is -4.24. The van der Waals surface area contributed by atoms with Gasteiger partial charge in [0, 0.05) is 13.0 Å². The summed E-state index contributed by atoms with van der Waals surface area (Å²) in [5.41, 5.74) is 21.0. The third kappa shape index (κ3) is 12.1. The summed E-state index contributed by atoms with van der Waals surface area (Å²) < 4.78 is 0. The zero-order chi connectivity index (χ0) is 23.3. The van der Waals surface area contributed by atoms with Crippen molar-refractivity contribution in [2.24, 2.45) is 27.9 Å². The third-order valence-corrected chi connectivity index (χ3v) is 3.72. The van der Waals surface area contributed by atoms with Crippen LogP contribution in [-0.2, 0) is 24.0 Å². The number of carboxylic acid groups (broad SMARTS) is 1. The summed E-state index contributed by atoms with van der Waals surface area (Å²) in [5, 5.41) is 15.7. The first-order chi connectivity index (χ1) is 13.9. The molecule has 3 atom stereocenters. The zero-order valence-corrected chi connectivity index (χ0v) is 16.7. The normalized spacial score (nSPS) is 13.3. The Kier molecular flexibility index (Phi) is 12.1. The number of amides is 4. The van der Waals surface area contributed by atoms with E-state index in [0.29, 0.717) is 6.42 Å². The zero-order valence-electron chi connectivity index (χ0n) is 16.7. The lowest BCUT2D eigenvalue weighted by atomic mass is 10.1. The molecular formula is C16H30N8O6. The summed E-state index contributed by atoms with van der Waals surface area (Å²) in [6, 6.07) is -3.22. The van der Waals surface area contributed by atoms with Crippen molar-refractivity contribution in [1.29, 1.82) is 0 Å². The van der Waals surface area contributed by atoms with Crippen LogP contribution >= 0.6 is 0 Å². The van der Waals surface area contributed by atoms with Crippen LogP contribution in [0.5, 0.6) is 0 Å². The molecule has 0 saturated carbocycles. The van der Waals surface area contributed by atoms with Crippen LogP contribution in [0.3, 0.4) is 0 Å². The van der Waals surface area contributed by atoms with Gasteiger partial charge >= 0.3 is 5.97 Å². The smallest absolute Gasteiger partial charge is 0.322 e. The molecule has 0 saturated heterocycles. The predicted molar refractivity (Wildman–Crippen MR) is 106 cm³/mol. The molecule has 30 heavy (non-hydrogen) atoms. The van der Waals surface area contributed by atoms with Crippen molar-refractivity contribution in [3.05, 3.63) is 0 Å². The summed E-state index contributed by atoms with van der Waals surface area (Å²) >= 11 is 0. The van der Waals surface area contributed by atoms with Gasteiger partial charge in [-0.15, -0.1) is 0 Å². The molecule has 0 aromatic rings. The van der Waals surface area contributed by atoms with Gasteiger partial charge in [-0.05, 0) is 26.2 Å². The Morgan fingerprint density at radius 3 is 2.00 bits per heavy atom. The molecular weight excluding hydrogens is 400 g/mol. The van der Waals surface area contributed by atoms with Crippen LogP contribution in [0.2, 0.25) is 0 Å². The Bertz CT molecular complexity index is 662. The first-order valence-electron chi connectivity index (χ1n) is 9.13. The lowest BCUT2D eigenvalue weighted by molar-refractivity contribution is -0.138. The van der Waals surface area contributed by atoms with Gasteiger partial charge in [-0.3, -0.25) is 29.0 Å². The largest absolute Gasteiger partial charge is 0.480 e. The molecule has 14 nitrogen and oxygen atoms in total. The van der Waals surface area contributed by atoms with E-state index in [4.69, 9.17) is 28.0 Å². The molecule has 0 aliphatic heterocycles. The van der Waals surface area contributed by atoms with E-state index in [0.717, 1.165) is 0 Å². The number of carbonyl (C=O) groups is 5. The Balaban J connectivity index is 5.25. The number of aliphatic carboxylic acids is 1. The third-order valence-electron chi connectivity index (χ3n) is 3.72. The number of primary amides is 1. The fourth-order valence-electron chi connectivity index (χ4n) is 2.19. The summed E-state index contributed by atoms with van der Waals surface area (Å²) in [6.07, 6.45) is 0.0635. The number of guanidine groups is 1. The lowest BCUT2D eigenvalue weighted by Gasteiger charge is -2.23. The molecule has 0 aromatic carbocycles. The van der Waals surface area contributed by atoms with Gasteiger partial charge in [-0.25, -0.2) is 0 Å². The van der Waals surface area contributed by atoms with E-state index in [-0.39, 0.29) is 31.8 Å². The van der Waals surface area contributed by atoms with Crippen molar-refractivity contribution in [2.45, 2.75) is 50.7 Å². The molecule has 0 aliphatic carbocycles. The van der Waals surface area contributed by atoms with E-state index in [1.165, 1.54) is 6.92 Å². The number of nitrogens with zero attached hydrogens (tertiary/aromatic N) is 1. The van der Waals surface area contributed by atoms with Gasteiger partial charge in [0.25, 0.3) is 0 Å². The molecule has 0 rings (SSSR count). The first kappa shape index (κ1) is 26.6. The van der Waals surface area contributed by atoms with E-state index in [2.05, 4.69) is 20.9 Å². The monoisotopic (exact) mass is 430 g/mol. The van der Waals surface area contributed by atoms with Gasteiger partial charge in [-0.2, -0.15) is 0 Å². The number of hydrogen-bond donors (Lipinski definition) is 8. The number of hydrogen-bond acceptors (Lipinski definition) is 7. The summed E-state index contributed by atoms with van der Waals surface area (Å²) in [7, 11) is 0. The van der Waals surface area contributed by atoms with Crippen LogP contribution in [0.1, 0.15) is 32.6 Å². The average Bonchev–Trinajstić information content (AvgIpc) is 2.64. The Hall–Kier alpha value is -3.42. The van der Waals surface area contributed by atoms with Crippen molar-refractivity contribution in [1.82, 2.24) is 16.0 Å². The summed E-state index contributed by atoms with van der Waals surface area (Å²) in [4.78, 5) is 62.3. The number of nitrogens with one attached hydrogen (secondary N) is 3. The topological polar surface area (TPSA) is 258 Å². The second-order valence-corrected chi connectivity index (χ2v) is 6.48. The van der Waals surface area contributed by atoms with Crippen molar-refractivity contribution in [3.63, 3.8) is 0 Å². The lowest BCUT2D eigenvalue weighted by Crippen LogP contribution is -2.55. The molecule has 3 unspecified atom stereocenters. The van der Waals surface area contributed by atoms with Crippen LogP contribution < -0.4 is 38.9 Å². The van der Waals surface area contributed by atoms with Gasteiger partial charge in [0.1, 0.15) is 18.6 Å². The maximum absolute atomic E-state index is 12.6. The Labute approximate surface area is 173 Å². The SMILES string of the molecule is CC(N)C(=O)NC(CCC(N)=O)C(=O)NC(CCCN=C(N)N)C(=O)NCC(=O)O. The van der Waals surface area contributed by atoms with Crippen LogP contribution in [0.4, 0.5) is 0 Å². The van der Waals surface area contributed by atoms with Crippen molar-refractivity contribution >= 4 is 35.6 Å². The van der Waals surface area contributed by atoms with E-state index in [1.54, 1.807) is 0 Å². The molecule has 0 heterocycles. The minimum Gasteiger partial charge on any atom is -0.480 e. The molecule has 0 bridgehead atoms. The second-order valence-electron chi connectivity index (χ2n) is 6.48. The van der Waals surface area contributed by atoms with Gasteiger partial charge in [-0.1, -0.05) is 0 Å². The molecule has 14 heteroatoms. The molecule has 0 radical (unpaired) electrons. The van der Waals surface area contributed by atoms with Crippen LogP contribution in [0.15, 0.2) is 4.99 Å². The van der Waals surface area contributed by atoms with Gasteiger partial charge in [0.2, 0.25) is 23.6 Å². The highest BCUT2D eigenvalue weighted by Gasteiger charge is 2.27. The van der Waals surface area contributed by atoms with Gasteiger partial charge < -0.3 is 44.0 Å². The van der Waals surface area contributed by atoms with Crippen molar-refractivity contribution < 1.29 is 29.1 Å². The summed E-state index contributed by atoms with van der Waals surface area (Å²) in [6.45, 7) is 0.934. The molecule has 12 N–H and O–H groups in total. The highest BCUT2D eigenvalue weighted by molar-refractivity contribution is 5.93. The number of aliphatic imine (C=N–C) groups is 1. The van der Waals surface area contributed by atoms with Crippen molar-refractivity contribution in [3.8, 4) is 0 Å². The fraction of sp³-hybridized carbons (Fsp3) is 0.625. The van der Waals surface area contributed by atoms with Gasteiger partial charge in [0.15, 0.2) is 5.96 Å². The minimum atomic E-state index is -1.27. The molecule has 0 aromatic heterocycles. The predicted octanol–water partition coefficient (Wildman–Crippen LogP) is -4.18. The van der Waals surface area contributed by atoms with Crippen molar-refractivity contribution in [2.75, 3.05) is 13.1 Å². The number of carbonyl (C=O) groups excluding carboxylic acids is 4. The Morgan fingerprint density at radius 1 is 0.933 bits per heavy atom. The molecule has 0 aliphatic rings. The van der Waals surface area contributed by atoms with Crippen LogP contribution in [0, 0.1) is 0 Å². The molecule has 0 spiro atoms. The van der Waals surface area contributed by atoms with Crippen LogP contribution in [0.25, 0.3) is 0 Å². The molecule has 4 amide bonds. The number of carboxylic acids is 1. The highest BCUT2D eigenvalue weighted by atomic mass is 16.4. The molecule has 170 valence electrons. The van der Waals surface area contributed by atoms with E-state index in [1.807, 2.05) is 0 Å². The van der Waals surface area contributed by atoms with E-state index >= 15 is 0 Å². The highest BCUT2D eigenvalue weighted by Crippen LogP contribution is 2.03. The van der Waals surface area contributed by atoms with E-state index in [9.17, 15) is 24.0 Å². The quantitative estimate of drug-likeness (QED) is 0.0753. The fourth-order valence-corrected chi connectivity index (χ4v) is 2.19. The van der Waals surface area contributed by atoms with E-state index < -0.39 is 54.3 Å². The number of rotatable bonds is 14. The maximum Gasteiger partial charge on any atom is 0.322 e. The first-order valence-corrected chi connectivity index (χ1v) is 9.13. The second kappa shape index (κ2) is 13.7. The van der Waals surface area contributed by atoms with Gasteiger partial charge in [0.05, 0.1) is 6.04 Å². The Morgan fingerprint density at radius 2 is 1.50 bits per heavy atom. The van der Waals surface area contributed by atoms with Crippen LogP contribution in [-0.4, -0.2) is 71.9 Å².